The Morgan fingerprint density at radius 2 is 1.59 bits per heavy atom. The van der Waals surface area contributed by atoms with Crippen molar-refractivity contribution >= 4 is 21.6 Å². The number of anilines is 1. The van der Waals surface area contributed by atoms with Crippen LogP contribution in [0.1, 0.15) is 17.5 Å². The summed E-state index contributed by atoms with van der Waals surface area (Å²) in [6.07, 6.45) is 1.50. The summed E-state index contributed by atoms with van der Waals surface area (Å²) in [4.78, 5) is 12.9. The minimum atomic E-state index is -4.00. The zero-order valence-electron chi connectivity index (χ0n) is 19.7. The van der Waals surface area contributed by atoms with Crippen LogP contribution < -0.4 is 19.1 Å². The molecule has 0 bridgehead atoms. The van der Waals surface area contributed by atoms with Crippen molar-refractivity contribution < 1.29 is 22.7 Å². The number of benzene rings is 3. The summed E-state index contributed by atoms with van der Waals surface area (Å²) >= 11 is 0. The quantitative estimate of drug-likeness (QED) is 0.418. The van der Waals surface area contributed by atoms with Crippen molar-refractivity contribution in [2.45, 2.75) is 24.7 Å². The molecular weight excluding hydrogens is 452 g/mol. The number of nitrogens with one attached hydrogen (secondary N) is 1. The highest BCUT2D eigenvalue weighted by Gasteiger charge is 2.29. The van der Waals surface area contributed by atoms with E-state index in [-0.39, 0.29) is 11.4 Å². The molecule has 1 amide bonds. The van der Waals surface area contributed by atoms with Gasteiger partial charge in [0.2, 0.25) is 5.91 Å². The molecule has 0 saturated carbocycles. The van der Waals surface area contributed by atoms with Gasteiger partial charge < -0.3 is 14.8 Å². The fourth-order valence-corrected chi connectivity index (χ4v) is 4.90. The van der Waals surface area contributed by atoms with Gasteiger partial charge in [0, 0.05) is 6.54 Å². The lowest BCUT2D eigenvalue weighted by Crippen LogP contribution is -2.41. The highest BCUT2D eigenvalue weighted by Crippen LogP contribution is 2.32. The Morgan fingerprint density at radius 1 is 0.912 bits per heavy atom. The minimum Gasteiger partial charge on any atom is -0.497 e. The predicted molar refractivity (Wildman–Crippen MR) is 133 cm³/mol. The number of aryl methyl sites for hydroxylation is 2. The first kappa shape index (κ1) is 25.1. The van der Waals surface area contributed by atoms with Crippen LogP contribution in [0.5, 0.6) is 11.5 Å². The number of carbonyl (C=O) groups is 1. The smallest absolute Gasteiger partial charge is 0.264 e. The maximum Gasteiger partial charge on any atom is 0.264 e. The van der Waals surface area contributed by atoms with Crippen LogP contribution in [0.3, 0.4) is 0 Å². The van der Waals surface area contributed by atoms with E-state index in [0.29, 0.717) is 18.0 Å². The zero-order chi connectivity index (χ0) is 24.6. The Bertz CT molecular complexity index is 1190. The molecule has 0 aliphatic rings. The van der Waals surface area contributed by atoms with Crippen molar-refractivity contribution in [3.05, 3.63) is 83.9 Å². The van der Waals surface area contributed by atoms with Gasteiger partial charge in [-0.05, 0) is 61.7 Å². The topological polar surface area (TPSA) is 84.9 Å². The van der Waals surface area contributed by atoms with Gasteiger partial charge in [-0.1, -0.05) is 42.0 Å². The molecule has 0 aromatic heterocycles. The van der Waals surface area contributed by atoms with E-state index in [1.54, 1.807) is 55.6 Å². The van der Waals surface area contributed by atoms with Crippen molar-refractivity contribution in [1.29, 1.82) is 0 Å². The van der Waals surface area contributed by atoms with Gasteiger partial charge in [0.05, 0.1) is 24.8 Å². The normalized spacial score (nSPS) is 11.0. The molecule has 0 heterocycles. The van der Waals surface area contributed by atoms with Crippen molar-refractivity contribution in [2.24, 2.45) is 0 Å². The highest BCUT2D eigenvalue weighted by molar-refractivity contribution is 7.92. The lowest BCUT2D eigenvalue weighted by molar-refractivity contribution is -0.119. The van der Waals surface area contributed by atoms with Crippen molar-refractivity contribution in [1.82, 2.24) is 5.32 Å². The molecule has 0 spiro atoms. The molecule has 1 N–H and O–H groups in total. The zero-order valence-corrected chi connectivity index (χ0v) is 20.5. The number of hydrogen-bond donors (Lipinski definition) is 1. The largest absolute Gasteiger partial charge is 0.497 e. The number of methoxy groups -OCH3 is 2. The van der Waals surface area contributed by atoms with Crippen molar-refractivity contribution in [2.75, 3.05) is 31.6 Å². The van der Waals surface area contributed by atoms with Gasteiger partial charge in [0.1, 0.15) is 18.0 Å². The first-order chi connectivity index (χ1) is 16.3. The predicted octanol–water partition coefficient (Wildman–Crippen LogP) is 3.96. The van der Waals surface area contributed by atoms with Gasteiger partial charge in [-0.3, -0.25) is 9.10 Å². The van der Waals surface area contributed by atoms with Crippen LogP contribution in [0.2, 0.25) is 0 Å². The molecule has 8 heteroatoms. The third kappa shape index (κ3) is 6.29. The van der Waals surface area contributed by atoms with Gasteiger partial charge >= 0.3 is 0 Å². The molecule has 0 fully saturated rings. The summed E-state index contributed by atoms with van der Waals surface area (Å²) in [5.41, 5.74) is 2.38. The maximum atomic E-state index is 13.5. The number of rotatable bonds is 11. The summed E-state index contributed by atoms with van der Waals surface area (Å²) in [5.74, 6) is 0.769. The highest BCUT2D eigenvalue weighted by atomic mass is 32.2. The molecule has 0 unspecified atom stereocenters. The van der Waals surface area contributed by atoms with Crippen LogP contribution in [0, 0.1) is 6.92 Å². The Balaban J connectivity index is 1.72. The van der Waals surface area contributed by atoms with Crippen LogP contribution >= 0.6 is 0 Å². The van der Waals surface area contributed by atoms with Gasteiger partial charge in [-0.15, -0.1) is 0 Å². The molecule has 0 aliphatic carbocycles. The third-order valence-corrected chi connectivity index (χ3v) is 7.15. The molecule has 34 heavy (non-hydrogen) atoms. The molecule has 3 aromatic carbocycles. The van der Waals surface area contributed by atoms with Crippen molar-refractivity contribution in [3.63, 3.8) is 0 Å². The molecule has 3 aromatic rings. The number of hydrogen-bond acceptors (Lipinski definition) is 5. The molecule has 3 rings (SSSR count). The molecule has 7 nitrogen and oxygen atoms in total. The Kier molecular flexibility index (Phi) is 8.54. The standard InChI is InChI=1S/C26H30N2O5S/c1-20-10-16-23(17-11-20)34(30,31)28(24-8-4-5-9-25(24)33-3)19-26(29)27-18-6-7-21-12-14-22(32-2)15-13-21/h4-5,8-17H,6-7,18-19H2,1-3H3,(H,27,29). The van der Waals surface area contributed by atoms with Crippen LogP contribution in [-0.2, 0) is 21.2 Å². The van der Waals surface area contributed by atoms with Crippen LogP contribution in [0.25, 0.3) is 0 Å². The third-order valence-electron chi connectivity index (χ3n) is 5.37. The van der Waals surface area contributed by atoms with Gasteiger partial charge in [0.25, 0.3) is 10.0 Å². The molecule has 0 atom stereocenters. The van der Waals surface area contributed by atoms with E-state index in [2.05, 4.69) is 5.32 Å². The van der Waals surface area contributed by atoms with Gasteiger partial charge in [-0.25, -0.2) is 8.42 Å². The second kappa shape index (κ2) is 11.6. The van der Waals surface area contributed by atoms with Crippen LogP contribution in [0.4, 0.5) is 5.69 Å². The Labute approximate surface area is 201 Å². The fraction of sp³-hybridized carbons (Fsp3) is 0.269. The minimum absolute atomic E-state index is 0.108. The summed E-state index contributed by atoms with van der Waals surface area (Å²) in [6.45, 7) is 1.95. The lowest BCUT2D eigenvalue weighted by Gasteiger charge is -2.25. The van der Waals surface area contributed by atoms with Gasteiger partial charge in [0.15, 0.2) is 0 Å². The van der Waals surface area contributed by atoms with E-state index >= 15 is 0 Å². The molecule has 0 radical (unpaired) electrons. The maximum absolute atomic E-state index is 13.5. The lowest BCUT2D eigenvalue weighted by atomic mass is 10.1. The monoisotopic (exact) mass is 482 g/mol. The molecule has 0 saturated heterocycles. The summed E-state index contributed by atoms with van der Waals surface area (Å²) in [5, 5.41) is 2.84. The van der Waals surface area contributed by atoms with E-state index in [1.807, 2.05) is 31.2 Å². The summed E-state index contributed by atoms with van der Waals surface area (Å²) < 4.78 is 38.6. The fourth-order valence-electron chi connectivity index (χ4n) is 3.47. The number of ether oxygens (including phenoxy) is 2. The first-order valence-corrected chi connectivity index (χ1v) is 12.4. The van der Waals surface area contributed by atoms with Crippen LogP contribution in [0.15, 0.2) is 77.7 Å². The number of sulfonamides is 1. The molecule has 0 aliphatic heterocycles. The number of amides is 1. The van der Waals surface area contributed by atoms with E-state index in [1.165, 1.54) is 7.11 Å². The van der Waals surface area contributed by atoms with E-state index in [0.717, 1.165) is 34.0 Å². The Hall–Kier alpha value is -3.52. The average Bonchev–Trinajstić information content (AvgIpc) is 2.85. The van der Waals surface area contributed by atoms with Crippen LogP contribution in [-0.4, -0.2) is 41.6 Å². The van der Waals surface area contributed by atoms with E-state index in [4.69, 9.17) is 9.47 Å². The summed E-state index contributed by atoms with van der Waals surface area (Å²) in [6, 6.07) is 21.1. The van der Waals surface area contributed by atoms with Crippen molar-refractivity contribution in [3.8, 4) is 11.5 Å². The van der Waals surface area contributed by atoms with E-state index < -0.39 is 15.9 Å². The Morgan fingerprint density at radius 3 is 2.24 bits per heavy atom. The SMILES string of the molecule is COc1ccc(CCCNC(=O)CN(c2ccccc2OC)S(=O)(=O)c2ccc(C)cc2)cc1. The molecule has 180 valence electrons. The molecular formula is C26H30N2O5S. The second-order valence-corrected chi connectivity index (χ2v) is 9.66. The van der Waals surface area contributed by atoms with E-state index in [9.17, 15) is 13.2 Å². The average molecular weight is 483 g/mol. The second-order valence-electron chi connectivity index (χ2n) is 7.80. The number of para-hydroxylation sites is 2. The summed E-state index contributed by atoms with van der Waals surface area (Å²) in [7, 11) is -0.908. The number of nitrogens with zero attached hydrogens (tertiary/aromatic N) is 1. The first-order valence-electron chi connectivity index (χ1n) is 11.0. The number of carbonyl (C=O) groups excluding carboxylic acids is 1. The van der Waals surface area contributed by atoms with Gasteiger partial charge in [-0.2, -0.15) is 0 Å².